The summed E-state index contributed by atoms with van der Waals surface area (Å²) < 4.78 is 5.89. The predicted molar refractivity (Wildman–Crippen MR) is 136 cm³/mol. The van der Waals surface area contributed by atoms with Crippen molar-refractivity contribution in [3.05, 3.63) is 52.1 Å². The minimum atomic E-state index is 0.0446. The van der Waals surface area contributed by atoms with E-state index < -0.39 is 0 Å². The smallest absolute Gasteiger partial charge is 0.246 e. The molecule has 0 spiro atoms. The van der Waals surface area contributed by atoms with E-state index in [-0.39, 0.29) is 11.7 Å². The Morgan fingerprint density at radius 1 is 1.26 bits per heavy atom. The van der Waals surface area contributed by atoms with Crippen molar-refractivity contribution in [1.29, 1.82) is 0 Å². The number of nitrogens with zero attached hydrogens (tertiary/aromatic N) is 4. The number of anilines is 2. The number of likely N-dealkylation sites (tertiary alicyclic amines) is 1. The molecule has 2 bridgehead atoms. The maximum atomic E-state index is 12.9. The number of fused-ring (bicyclic) bond motifs is 5. The van der Waals surface area contributed by atoms with Crippen molar-refractivity contribution < 1.29 is 14.6 Å². The number of rotatable bonds is 5. The minimum Gasteiger partial charge on any atom is -0.508 e. The zero-order chi connectivity index (χ0) is 23.9. The van der Waals surface area contributed by atoms with E-state index in [1.54, 1.807) is 29.5 Å². The summed E-state index contributed by atoms with van der Waals surface area (Å²) in [4.78, 5) is 28.1. The lowest BCUT2D eigenvalue weighted by atomic mass is 10.0. The summed E-state index contributed by atoms with van der Waals surface area (Å²) in [6.45, 7) is 3.91. The zero-order valence-corrected chi connectivity index (χ0v) is 20.7. The molecule has 3 aliphatic heterocycles. The van der Waals surface area contributed by atoms with Crippen LogP contribution >= 0.6 is 22.9 Å². The molecule has 182 valence electrons. The van der Waals surface area contributed by atoms with Crippen molar-refractivity contribution in [2.45, 2.75) is 38.0 Å². The number of phenolic OH excluding ortho intramolecular Hbond substituents is 1. The largest absolute Gasteiger partial charge is 0.508 e. The molecular weight excluding hydrogens is 486 g/mol. The van der Waals surface area contributed by atoms with E-state index in [1.807, 2.05) is 11.0 Å². The number of thiophene rings is 1. The van der Waals surface area contributed by atoms with Crippen LogP contribution < -0.4 is 5.32 Å². The summed E-state index contributed by atoms with van der Waals surface area (Å²) in [5.74, 6) is 0.803. The van der Waals surface area contributed by atoms with Gasteiger partial charge >= 0.3 is 0 Å². The normalized spacial score (nSPS) is 22.1. The van der Waals surface area contributed by atoms with Gasteiger partial charge in [0.25, 0.3) is 0 Å². The first-order valence-electron chi connectivity index (χ1n) is 11.9. The van der Waals surface area contributed by atoms with Gasteiger partial charge in [-0.2, -0.15) is 0 Å². The van der Waals surface area contributed by atoms with Crippen LogP contribution in [0.25, 0.3) is 10.2 Å². The third kappa shape index (κ3) is 4.73. The summed E-state index contributed by atoms with van der Waals surface area (Å²) in [6.07, 6.45) is 8.99. The van der Waals surface area contributed by atoms with Crippen LogP contribution in [-0.4, -0.2) is 69.2 Å². The number of hydrogen-bond acceptors (Lipinski definition) is 8. The highest BCUT2D eigenvalue weighted by Gasteiger charge is 2.33. The number of amides is 1. The molecule has 5 heterocycles. The molecule has 2 fully saturated rings. The fourth-order valence-electron chi connectivity index (χ4n) is 5.25. The number of carbonyl (C=O) groups is 1. The van der Waals surface area contributed by atoms with Gasteiger partial charge in [-0.05, 0) is 37.0 Å². The van der Waals surface area contributed by atoms with Crippen LogP contribution in [0.3, 0.4) is 0 Å². The average Bonchev–Trinajstić information content (AvgIpc) is 3.37. The van der Waals surface area contributed by atoms with Crippen LogP contribution in [0.15, 0.2) is 36.7 Å². The first-order chi connectivity index (χ1) is 17.0. The van der Waals surface area contributed by atoms with Crippen LogP contribution in [-0.2, 0) is 22.5 Å². The Kier molecular flexibility index (Phi) is 6.09. The van der Waals surface area contributed by atoms with E-state index in [0.717, 1.165) is 54.0 Å². The van der Waals surface area contributed by atoms with Crippen molar-refractivity contribution in [3.63, 3.8) is 0 Å². The van der Waals surface area contributed by atoms with E-state index in [0.29, 0.717) is 41.8 Å². The summed E-state index contributed by atoms with van der Waals surface area (Å²) in [6, 6.07) is 4.83. The van der Waals surface area contributed by atoms with Crippen LogP contribution in [0.2, 0.25) is 5.02 Å². The number of nitrogens with one attached hydrogen (secondary N) is 1. The molecule has 0 radical (unpaired) electrons. The number of hydrogen-bond donors (Lipinski definition) is 2. The molecule has 6 rings (SSSR count). The Hall–Kier alpha value is -2.72. The molecule has 0 aliphatic carbocycles. The van der Waals surface area contributed by atoms with E-state index in [2.05, 4.69) is 20.2 Å². The SMILES string of the molecule is O=C(C=CCN1CC2CCC(C1)O2)N1CCc2c(sc3ncnc(Nc4cc(O)cc(Cl)c4)c23)C1. The van der Waals surface area contributed by atoms with Crippen molar-refractivity contribution >= 4 is 50.6 Å². The Labute approximate surface area is 212 Å². The highest BCUT2D eigenvalue weighted by Crippen LogP contribution is 2.38. The van der Waals surface area contributed by atoms with Gasteiger partial charge in [0.15, 0.2) is 0 Å². The molecule has 3 aromatic rings. The fourth-order valence-corrected chi connectivity index (χ4v) is 6.68. The number of aromatic nitrogens is 2. The van der Waals surface area contributed by atoms with Crippen LogP contribution in [0.4, 0.5) is 11.5 Å². The third-order valence-electron chi connectivity index (χ3n) is 6.84. The number of phenols is 1. The molecule has 1 amide bonds. The first kappa shape index (κ1) is 22.7. The highest BCUT2D eigenvalue weighted by atomic mass is 35.5. The third-order valence-corrected chi connectivity index (χ3v) is 8.18. The van der Waals surface area contributed by atoms with Crippen LogP contribution in [0, 0.1) is 0 Å². The van der Waals surface area contributed by atoms with Gasteiger partial charge in [-0.15, -0.1) is 11.3 Å². The highest BCUT2D eigenvalue weighted by molar-refractivity contribution is 7.19. The standard InChI is InChI=1S/C25H26ClN5O3S/c26-15-8-16(10-17(32)9-15)29-24-23-20-5-7-31(13-21(20)35-25(23)28-14-27-24)22(33)2-1-6-30-11-18-3-4-19(12-30)34-18/h1-2,8-10,14,18-19,32H,3-7,11-13H2,(H,27,28,29). The monoisotopic (exact) mass is 511 g/mol. The predicted octanol–water partition coefficient (Wildman–Crippen LogP) is 4.10. The second-order valence-electron chi connectivity index (χ2n) is 9.32. The van der Waals surface area contributed by atoms with Gasteiger partial charge in [0.2, 0.25) is 5.91 Å². The molecular formula is C25H26ClN5O3S. The molecule has 1 aromatic carbocycles. The zero-order valence-electron chi connectivity index (χ0n) is 19.1. The van der Waals surface area contributed by atoms with E-state index in [4.69, 9.17) is 16.3 Å². The minimum absolute atomic E-state index is 0.0446. The van der Waals surface area contributed by atoms with Crippen LogP contribution in [0.1, 0.15) is 23.3 Å². The number of morpholine rings is 1. The molecule has 3 aliphatic rings. The van der Waals surface area contributed by atoms with E-state index in [9.17, 15) is 9.90 Å². The van der Waals surface area contributed by atoms with E-state index >= 15 is 0 Å². The van der Waals surface area contributed by atoms with Crippen LogP contribution in [0.5, 0.6) is 5.75 Å². The molecule has 2 N–H and O–H groups in total. The van der Waals surface area contributed by atoms with Gasteiger partial charge in [0.05, 0.1) is 24.1 Å². The molecule has 10 heteroatoms. The molecule has 2 unspecified atom stereocenters. The second-order valence-corrected chi connectivity index (χ2v) is 10.8. The molecule has 2 saturated heterocycles. The maximum absolute atomic E-state index is 12.9. The number of halogens is 1. The van der Waals surface area contributed by atoms with E-state index in [1.165, 1.54) is 18.0 Å². The Morgan fingerprint density at radius 2 is 2.09 bits per heavy atom. The molecule has 35 heavy (non-hydrogen) atoms. The number of ether oxygens (including phenoxy) is 1. The molecule has 8 nitrogen and oxygen atoms in total. The van der Waals surface area contributed by atoms with Crippen molar-refractivity contribution in [2.75, 3.05) is 31.5 Å². The lowest BCUT2D eigenvalue weighted by molar-refractivity contribution is -0.126. The van der Waals surface area contributed by atoms with Crippen molar-refractivity contribution in [1.82, 2.24) is 19.8 Å². The number of benzene rings is 1. The molecule has 2 aromatic heterocycles. The maximum Gasteiger partial charge on any atom is 0.246 e. The lowest BCUT2D eigenvalue weighted by Crippen LogP contribution is -2.42. The van der Waals surface area contributed by atoms with Gasteiger partial charge in [0, 0.05) is 53.9 Å². The number of aromatic hydroxyl groups is 1. The summed E-state index contributed by atoms with van der Waals surface area (Å²) in [5, 5.41) is 14.6. The van der Waals surface area contributed by atoms with Gasteiger partial charge in [-0.25, -0.2) is 9.97 Å². The average molecular weight is 512 g/mol. The van der Waals surface area contributed by atoms with Crippen molar-refractivity contribution in [3.8, 4) is 5.75 Å². The second kappa shape index (κ2) is 9.39. The summed E-state index contributed by atoms with van der Waals surface area (Å²) >= 11 is 7.69. The molecule has 0 saturated carbocycles. The summed E-state index contributed by atoms with van der Waals surface area (Å²) in [5.41, 5.74) is 1.83. The number of carbonyl (C=O) groups excluding carboxylic acids is 1. The first-order valence-corrected chi connectivity index (χ1v) is 13.1. The van der Waals surface area contributed by atoms with Gasteiger partial charge in [-0.1, -0.05) is 17.7 Å². The fraction of sp³-hybridized carbons (Fsp3) is 0.400. The molecule has 2 atom stereocenters. The van der Waals surface area contributed by atoms with Gasteiger partial charge in [0.1, 0.15) is 22.7 Å². The Balaban J connectivity index is 1.15. The Bertz CT molecular complexity index is 1280. The topological polar surface area (TPSA) is 90.8 Å². The summed E-state index contributed by atoms with van der Waals surface area (Å²) in [7, 11) is 0. The Morgan fingerprint density at radius 3 is 2.89 bits per heavy atom. The van der Waals surface area contributed by atoms with Gasteiger partial charge < -0.3 is 20.1 Å². The quantitative estimate of drug-likeness (QED) is 0.498. The lowest BCUT2D eigenvalue weighted by Gasteiger charge is -2.31. The van der Waals surface area contributed by atoms with Crippen molar-refractivity contribution in [2.24, 2.45) is 0 Å². The van der Waals surface area contributed by atoms with Gasteiger partial charge in [-0.3, -0.25) is 9.69 Å².